The fourth-order valence-corrected chi connectivity index (χ4v) is 1.65. The first-order valence-electron chi connectivity index (χ1n) is 5.57. The number of hydrogen-bond donors (Lipinski definition) is 0. The zero-order valence-corrected chi connectivity index (χ0v) is 10.6. The number of benzene rings is 1. The molecule has 0 atom stereocenters. The Balaban J connectivity index is 1.83. The second kappa shape index (κ2) is 5.67. The molecule has 1 aromatic rings. The lowest BCUT2D eigenvalue weighted by Crippen LogP contribution is -2.32. The highest BCUT2D eigenvalue weighted by atomic mass is 35.5. The summed E-state index contributed by atoms with van der Waals surface area (Å²) in [6, 6.07) is 7.03. The molecule has 0 saturated carbocycles. The number of rotatable bonds is 4. The highest BCUT2D eigenvalue weighted by Crippen LogP contribution is 2.12. The highest BCUT2D eigenvalue weighted by molar-refractivity contribution is 6.30. The van der Waals surface area contributed by atoms with Gasteiger partial charge in [-0.3, -0.25) is 9.59 Å². The Morgan fingerprint density at radius 3 is 2.26 bits per heavy atom. The summed E-state index contributed by atoms with van der Waals surface area (Å²) in [6.45, 7) is 0. The highest BCUT2D eigenvalue weighted by Gasteiger charge is 2.27. The van der Waals surface area contributed by atoms with E-state index < -0.39 is 17.8 Å². The molecule has 2 amide bonds. The Kier molecular flexibility index (Phi) is 3.97. The van der Waals surface area contributed by atoms with Gasteiger partial charge in [0.15, 0.2) is 0 Å². The van der Waals surface area contributed by atoms with E-state index in [1.165, 1.54) is 0 Å². The number of imide groups is 1. The maximum atomic E-state index is 11.5. The molecule has 0 spiro atoms. The third kappa shape index (κ3) is 3.42. The third-order valence-corrected chi connectivity index (χ3v) is 2.74. The number of halogens is 1. The predicted molar refractivity (Wildman–Crippen MR) is 66.9 cm³/mol. The molecule has 1 heterocycles. The fourth-order valence-electron chi connectivity index (χ4n) is 1.52. The first-order chi connectivity index (χ1) is 9.06. The summed E-state index contributed by atoms with van der Waals surface area (Å²) in [5.74, 6) is -1.94. The summed E-state index contributed by atoms with van der Waals surface area (Å²) in [4.78, 5) is 38.5. The van der Waals surface area contributed by atoms with Gasteiger partial charge in [-0.15, -0.1) is 0 Å². The van der Waals surface area contributed by atoms with Crippen molar-refractivity contribution >= 4 is 29.4 Å². The van der Waals surface area contributed by atoms with Crippen LogP contribution in [0, 0.1) is 0 Å². The molecule has 0 radical (unpaired) electrons. The molecule has 6 heteroatoms. The molecule has 98 valence electrons. The Morgan fingerprint density at radius 2 is 1.68 bits per heavy atom. The minimum Gasteiger partial charge on any atom is -0.330 e. The zero-order chi connectivity index (χ0) is 13.8. The van der Waals surface area contributed by atoms with E-state index in [0.29, 0.717) is 16.5 Å². The molecule has 0 fully saturated rings. The van der Waals surface area contributed by atoms with Crippen molar-refractivity contribution in [2.45, 2.75) is 12.8 Å². The number of carbonyl (C=O) groups excluding carboxylic acids is 3. The van der Waals surface area contributed by atoms with Crippen LogP contribution in [0.3, 0.4) is 0 Å². The van der Waals surface area contributed by atoms with E-state index in [1.54, 1.807) is 24.3 Å². The molecule has 0 aromatic heterocycles. The summed E-state index contributed by atoms with van der Waals surface area (Å²) in [7, 11) is 0. The van der Waals surface area contributed by atoms with Gasteiger partial charge < -0.3 is 4.84 Å². The van der Waals surface area contributed by atoms with Crippen LogP contribution in [0.25, 0.3) is 0 Å². The molecule has 2 rings (SSSR count). The van der Waals surface area contributed by atoms with Gasteiger partial charge in [0.1, 0.15) is 0 Å². The van der Waals surface area contributed by atoms with E-state index in [0.717, 1.165) is 17.7 Å². The number of carbonyl (C=O) groups is 3. The van der Waals surface area contributed by atoms with E-state index in [1.807, 2.05) is 0 Å². The number of aryl methyl sites for hydroxylation is 1. The number of amides is 2. The topological polar surface area (TPSA) is 63.7 Å². The molecule has 0 N–H and O–H groups in total. The SMILES string of the molecule is O=C(CCc1ccc(Cl)cc1)ON1C(=O)C=CC1=O. The van der Waals surface area contributed by atoms with Crippen molar-refractivity contribution in [1.29, 1.82) is 0 Å². The average Bonchev–Trinajstić information content (AvgIpc) is 2.70. The fraction of sp³-hybridized carbons (Fsp3) is 0.154. The van der Waals surface area contributed by atoms with Gasteiger partial charge in [0.2, 0.25) is 0 Å². The van der Waals surface area contributed by atoms with Gasteiger partial charge in [0, 0.05) is 17.2 Å². The lowest BCUT2D eigenvalue weighted by molar-refractivity contribution is -0.196. The van der Waals surface area contributed by atoms with Crippen molar-refractivity contribution in [3.05, 3.63) is 47.0 Å². The van der Waals surface area contributed by atoms with E-state index in [4.69, 9.17) is 11.6 Å². The maximum Gasteiger partial charge on any atom is 0.333 e. The lowest BCUT2D eigenvalue weighted by atomic mass is 10.1. The summed E-state index contributed by atoms with van der Waals surface area (Å²) >= 11 is 5.74. The second-order valence-corrected chi connectivity index (χ2v) is 4.33. The largest absolute Gasteiger partial charge is 0.333 e. The van der Waals surface area contributed by atoms with Crippen LogP contribution in [0.4, 0.5) is 0 Å². The van der Waals surface area contributed by atoms with Gasteiger partial charge in [0.05, 0.1) is 6.42 Å². The quantitative estimate of drug-likeness (QED) is 0.786. The third-order valence-electron chi connectivity index (χ3n) is 2.49. The maximum absolute atomic E-state index is 11.5. The molecule has 0 saturated heterocycles. The number of hydrogen-bond acceptors (Lipinski definition) is 4. The standard InChI is InChI=1S/C13H10ClNO4/c14-10-4-1-9(2-5-10)3-8-13(18)19-15-11(16)6-7-12(15)17/h1-2,4-7H,3,8H2. The van der Waals surface area contributed by atoms with Gasteiger partial charge in [-0.05, 0) is 24.1 Å². The van der Waals surface area contributed by atoms with Gasteiger partial charge in [0.25, 0.3) is 11.8 Å². The number of nitrogens with zero attached hydrogens (tertiary/aromatic N) is 1. The molecule has 19 heavy (non-hydrogen) atoms. The monoisotopic (exact) mass is 279 g/mol. The lowest BCUT2D eigenvalue weighted by Gasteiger charge is -2.12. The van der Waals surface area contributed by atoms with E-state index >= 15 is 0 Å². The first kappa shape index (κ1) is 13.3. The minimum absolute atomic E-state index is 0.0681. The van der Waals surface area contributed by atoms with Crippen LogP contribution in [0.2, 0.25) is 5.02 Å². The normalized spacial score (nSPS) is 14.1. The van der Waals surface area contributed by atoms with E-state index in [-0.39, 0.29) is 6.42 Å². The van der Waals surface area contributed by atoms with Gasteiger partial charge >= 0.3 is 5.97 Å². The summed E-state index contributed by atoms with van der Waals surface area (Å²) < 4.78 is 0. The van der Waals surface area contributed by atoms with Crippen molar-refractivity contribution < 1.29 is 19.2 Å². The molecule has 0 unspecified atom stereocenters. The molecule has 1 aromatic carbocycles. The molecule has 0 aliphatic carbocycles. The molecular weight excluding hydrogens is 270 g/mol. The van der Waals surface area contributed by atoms with E-state index in [2.05, 4.69) is 4.84 Å². The average molecular weight is 280 g/mol. The summed E-state index contributed by atoms with van der Waals surface area (Å²) in [5.41, 5.74) is 0.915. The molecular formula is C13H10ClNO4. The molecule has 5 nitrogen and oxygen atoms in total. The van der Waals surface area contributed by atoms with Crippen LogP contribution in [0.5, 0.6) is 0 Å². The van der Waals surface area contributed by atoms with Crippen molar-refractivity contribution in [2.75, 3.05) is 0 Å². The van der Waals surface area contributed by atoms with Crippen LogP contribution >= 0.6 is 11.6 Å². The van der Waals surface area contributed by atoms with Crippen LogP contribution in [0.15, 0.2) is 36.4 Å². The number of hydroxylamine groups is 2. The molecule has 1 aliphatic heterocycles. The Labute approximate surface area is 114 Å². The minimum atomic E-state index is -0.648. The van der Waals surface area contributed by atoms with E-state index in [9.17, 15) is 14.4 Å². The summed E-state index contributed by atoms with van der Waals surface area (Å²) in [6.07, 6.45) is 2.61. The van der Waals surface area contributed by atoms with Gasteiger partial charge in [-0.2, -0.15) is 0 Å². The van der Waals surface area contributed by atoms with Crippen molar-refractivity contribution in [3.63, 3.8) is 0 Å². The Hall–Kier alpha value is -2.14. The van der Waals surface area contributed by atoms with Crippen LogP contribution in [-0.4, -0.2) is 22.8 Å². The van der Waals surface area contributed by atoms with Crippen molar-refractivity contribution in [2.24, 2.45) is 0 Å². The van der Waals surface area contributed by atoms with Crippen LogP contribution in [0.1, 0.15) is 12.0 Å². The Morgan fingerprint density at radius 1 is 1.11 bits per heavy atom. The predicted octanol–water partition coefficient (Wildman–Crippen LogP) is 1.66. The second-order valence-electron chi connectivity index (χ2n) is 3.89. The van der Waals surface area contributed by atoms with Crippen molar-refractivity contribution in [1.82, 2.24) is 5.06 Å². The van der Waals surface area contributed by atoms with Crippen molar-refractivity contribution in [3.8, 4) is 0 Å². The summed E-state index contributed by atoms with van der Waals surface area (Å²) in [5, 5.41) is 1.06. The van der Waals surface area contributed by atoms with Crippen LogP contribution < -0.4 is 0 Å². The van der Waals surface area contributed by atoms with Crippen LogP contribution in [-0.2, 0) is 25.6 Å². The zero-order valence-electron chi connectivity index (χ0n) is 9.84. The van der Waals surface area contributed by atoms with Gasteiger partial charge in [-0.25, -0.2) is 4.79 Å². The van der Waals surface area contributed by atoms with Gasteiger partial charge in [-0.1, -0.05) is 28.8 Å². The molecule has 1 aliphatic rings. The first-order valence-corrected chi connectivity index (χ1v) is 5.95. The Bertz CT molecular complexity index is 532. The smallest absolute Gasteiger partial charge is 0.330 e. The molecule has 0 bridgehead atoms.